The molecule has 1 aliphatic rings. The molecule has 1 aliphatic heterocycles. The van der Waals surface area contributed by atoms with Crippen molar-refractivity contribution in [3.05, 3.63) is 54.5 Å². The van der Waals surface area contributed by atoms with Crippen LogP contribution in [0.2, 0.25) is 0 Å². The zero-order chi connectivity index (χ0) is 16.8. The van der Waals surface area contributed by atoms with Gasteiger partial charge >= 0.3 is 0 Å². The van der Waals surface area contributed by atoms with E-state index in [4.69, 9.17) is 0 Å². The summed E-state index contributed by atoms with van der Waals surface area (Å²) in [5.41, 5.74) is 1.00. The fourth-order valence-electron chi connectivity index (χ4n) is 3.35. The third-order valence-corrected chi connectivity index (χ3v) is 4.80. The minimum absolute atomic E-state index is 0.398. The number of aliphatic hydroxyl groups is 1. The summed E-state index contributed by atoms with van der Waals surface area (Å²) in [4.78, 5) is 13.0. The Kier molecular flexibility index (Phi) is 5.77. The Morgan fingerprint density at radius 2 is 1.96 bits per heavy atom. The molecule has 24 heavy (non-hydrogen) atoms. The van der Waals surface area contributed by atoms with Crippen molar-refractivity contribution in [3.63, 3.8) is 0 Å². The number of hydrogen-bond acceptors (Lipinski definition) is 5. The summed E-state index contributed by atoms with van der Waals surface area (Å²) in [5.74, 6) is 1.60. The molecule has 2 aromatic rings. The lowest BCUT2D eigenvalue weighted by atomic mass is 9.95. The Bertz CT molecular complexity index is 544. The molecular weight excluding hydrogens is 300 g/mol. The Labute approximate surface area is 144 Å². The average molecular weight is 326 g/mol. The van der Waals surface area contributed by atoms with Gasteiger partial charge < -0.3 is 14.9 Å². The van der Waals surface area contributed by atoms with E-state index in [1.807, 2.05) is 36.5 Å². The highest BCUT2D eigenvalue weighted by Gasteiger charge is 2.22. The molecule has 3 rings (SSSR count). The quantitative estimate of drug-likeness (QED) is 0.883. The molecule has 0 radical (unpaired) electrons. The van der Waals surface area contributed by atoms with Crippen LogP contribution in [0.5, 0.6) is 0 Å². The Balaban J connectivity index is 1.44. The van der Waals surface area contributed by atoms with E-state index in [1.165, 1.54) is 0 Å². The van der Waals surface area contributed by atoms with Crippen LogP contribution in [0.1, 0.15) is 24.5 Å². The zero-order valence-electron chi connectivity index (χ0n) is 14.3. The lowest BCUT2D eigenvalue weighted by Crippen LogP contribution is -2.39. The van der Waals surface area contributed by atoms with Crippen molar-refractivity contribution < 1.29 is 5.11 Å². The fourth-order valence-corrected chi connectivity index (χ4v) is 3.35. The van der Waals surface area contributed by atoms with Gasteiger partial charge in [0.1, 0.15) is 5.82 Å². The highest BCUT2D eigenvalue weighted by atomic mass is 16.3. The van der Waals surface area contributed by atoms with Crippen LogP contribution in [0.15, 0.2) is 48.9 Å². The summed E-state index contributed by atoms with van der Waals surface area (Å²) in [6.07, 6.45) is 7.17. The van der Waals surface area contributed by atoms with Gasteiger partial charge in [-0.3, -0.25) is 4.98 Å². The maximum atomic E-state index is 10.4. The van der Waals surface area contributed by atoms with E-state index >= 15 is 0 Å². The summed E-state index contributed by atoms with van der Waals surface area (Å²) >= 11 is 0. The van der Waals surface area contributed by atoms with Crippen LogP contribution in [-0.2, 0) is 0 Å². The number of nitrogens with zero attached hydrogens (tertiary/aromatic N) is 4. The first kappa shape index (κ1) is 16.9. The highest BCUT2D eigenvalue weighted by molar-refractivity contribution is 5.33. The summed E-state index contributed by atoms with van der Waals surface area (Å²) < 4.78 is 0. The topological polar surface area (TPSA) is 52.5 Å². The molecule has 5 nitrogen and oxygen atoms in total. The Hall–Kier alpha value is -1.98. The van der Waals surface area contributed by atoms with Gasteiger partial charge in [0.2, 0.25) is 0 Å². The molecule has 1 unspecified atom stereocenters. The molecule has 1 fully saturated rings. The van der Waals surface area contributed by atoms with Crippen LogP contribution < -0.4 is 4.90 Å². The van der Waals surface area contributed by atoms with Gasteiger partial charge in [-0.1, -0.05) is 30.3 Å². The number of piperidine rings is 1. The number of hydrogen-bond donors (Lipinski definition) is 1. The van der Waals surface area contributed by atoms with Crippen LogP contribution in [0.4, 0.5) is 5.82 Å². The van der Waals surface area contributed by atoms with E-state index in [9.17, 15) is 5.11 Å². The molecule has 1 atom stereocenters. The number of aromatic nitrogens is 2. The van der Waals surface area contributed by atoms with E-state index in [-0.39, 0.29) is 0 Å². The molecule has 1 aromatic heterocycles. The van der Waals surface area contributed by atoms with Crippen molar-refractivity contribution in [1.29, 1.82) is 0 Å². The van der Waals surface area contributed by atoms with Crippen molar-refractivity contribution >= 4 is 5.82 Å². The summed E-state index contributed by atoms with van der Waals surface area (Å²) in [5, 5.41) is 10.4. The molecule has 1 saturated heterocycles. The number of likely N-dealkylation sites (tertiary alicyclic amines) is 1. The van der Waals surface area contributed by atoms with Crippen molar-refractivity contribution in [1.82, 2.24) is 14.9 Å². The van der Waals surface area contributed by atoms with Gasteiger partial charge in [0.25, 0.3) is 0 Å². The second-order valence-corrected chi connectivity index (χ2v) is 6.61. The van der Waals surface area contributed by atoms with Crippen molar-refractivity contribution in [2.75, 3.05) is 38.1 Å². The summed E-state index contributed by atoms with van der Waals surface area (Å²) in [6.45, 7) is 3.82. The van der Waals surface area contributed by atoms with Crippen LogP contribution in [0, 0.1) is 5.92 Å². The Morgan fingerprint density at radius 1 is 1.21 bits per heavy atom. The molecular formula is C19H26N4O. The third kappa shape index (κ3) is 4.52. The molecule has 0 spiro atoms. The number of aliphatic hydroxyl groups excluding tert-OH is 1. The van der Waals surface area contributed by atoms with Gasteiger partial charge in [-0.25, -0.2) is 4.98 Å². The van der Waals surface area contributed by atoms with Gasteiger partial charge in [0.05, 0.1) is 12.3 Å². The largest absolute Gasteiger partial charge is 0.387 e. The van der Waals surface area contributed by atoms with E-state index in [0.29, 0.717) is 5.92 Å². The van der Waals surface area contributed by atoms with Gasteiger partial charge in [0, 0.05) is 32.5 Å². The smallest absolute Gasteiger partial charge is 0.146 e. The first-order chi connectivity index (χ1) is 11.7. The first-order valence-corrected chi connectivity index (χ1v) is 8.65. The van der Waals surface area contributed by atoms with Gasteiger partial charge in [-0.15, -0.1) is 0 Å². The van der Waals surface area contributed by atoms with Gasteiger partial charge in [-0.05, 0) is 37.4 Å². The molecule has 0 amide bonds. The molecule has 2 heterocycles. The fraction of sp³-hybridized carbons (Fsp3) is 0.474. The molecule has 0 saturated carbocycles. The normalized spacial score (nSPS) is 17.6. The maximum Gasteiger partial charge on any atom is 0.146 e. The molecule has 5 heteroatoms. The highest BCUT2D eigenvalue weighted by Crippen LogP contribution is 2.22. The van der Waals surface area contributed by atoms with Crippen LogP contribution in [0.3, 0.4) is 0 Å². The summed E-state index contributed by atoms with van der Waals surface area (Å²) in [6, 6.07) is 9.93. The number of β-amino-alcohol motifs (C(OH)–C–C–N with tert-alkyl or cyclic N) is 1. The minimum atomic E-state index is -0.398. The second-order valence-electron chi connectivity index (χ2n) is 6.61. The number of benzene rings is 1. The average Bonchev–Trinajstić information content (AvgIpc) is 2.65. The van der Waals surface area contributed by atoms with E-state index in [1.54, 1.807) is 12.4 Å². The Morgan fingerprint density at radius 3 is 2.62 bits per heavy atom. The zero-order valence-corrected chi connectivity index (χ0v) is 14.3. The van der Waals surface area contributed by atoms with Gasteiger partial charge in [0.15, 0.2) is 0 Å². The van der Waals surface area contributed by atoms with Gasteiger partial charge in [-0.2, -0.15) is 0 Å². The van der Waals surface area contributed by atoms with Crippen LogP contribution in [0.25, 0.3) is 0 Å². The monoisotopic (exact) mass is 326 g/mol. The molecule has 1 aromatic carbocycles. The van der Waals surface area contributed by atoms with Crippen molar-refractivity contribution in [2.45, 2.75) is 18.9 Å². The SMILES string of the molecule is CN(CC1CCN(CC(O)c2ccccc2)CC1)c1cnccn1. The van der Waals surface area contributed by atoms with Crippen molar-refractivity contribution in [2.24, 2.45) is 5.92 Å². The van der Waals surface area contributed by atoms with Crippen LogP contribution in [-0.4, -0.2) is 53.2 Å². The minimum Gasteiger partial charge on any atom is -0.387 e. The standard InChI is InChI=1S/C19H26N4O/c1-22(19-13-20-9-10-21-19)14-16-7-11-23(12-8-16)15-18(24)17-5-3-2-4-6-17/h2-6,9-10,13,16,18,24H,7-8,11-12,14-15H2,1H3. The predicted molar refractivity (Wildman–Crippen MR) is 95.9 cm³/mol. The second kappa shape index (κ2) is 8.22. The van der Waals surface area contributed by atoms with E-state index in [2.05, 4.69) is 26.8 Å². The van der Waals surface area contributed by atoms with E-state index < -0.39 is 6.10 Å². The number of anilines is 1. The maximum absolute atomic E-state index is 10.4. The third-order valence-electron chi connectivity index (χ3n) is 4.80. The number of rotatable bonds is 6. The lowest BCUT2D eigenvalue weighted by molar-refractivity contribution is 0.0902. The lowest BCUT2D eigenvalue weighted by Gasteiger charge is -2.35. The van der Waals surface area contributed by atoms with Crippen LogP contribution >= 0.6 is 0 Å². The van der Waals surface area contributed by atoms with Crippen molar-refractivity contribution in [3.8, 4) is 0 Å². The summed E-state index contributed by atoms with van der Waals surface area (Å²) in [7, 11) is 2.08. The molecule has 0 aliphatic carbocycles. The molecule has 128 valence electrons. The van der Waals surface area contributed by atoms with E-state index in [0.717, 1.165) is 50.4 Å². The first-order valence-electron chi connectivity index (χ1n) is 8.65. The predicted octanol–water partition coefficient (Wildman–Crippen LogP) is 2.36. The molecule has 1 N–H and O–H groups in total. The molecule has 0 bridgehead atoms.